The van der Waals surface area contributed by atoms with Gasteiger partial charge < -0.3 is 19.5 Å². The quantitative estimate of drug-likeness (QED) is 0.501. The van der Waals surface area contributed by atoms with Gasteiger partial charge in [-0.05, 0) is 32.9 Å². The molecule has 2 aliphatic heterocycles. The monoisotopic (exact) mass is 566 g/mol. The molecule has 4 rings (SSSR count). The number of carbonyl (C=O) groups is 2. The highest BCUT2D eigenvalue weighted by atomic mass is 35.5. The number of aliphatic imine (C=N–C) groups is 1. The van der Waals surface area contributed by atoms with Crippen LogP contribution in [0, 0.1) is 0 Å². The molecule has 37 heavy (non-hydrogen) atoms. The maximum Gasteiger partial charge on any atom is 0.338 e. The number of carbonyl (C=O) groups excluding carboxylic acids is 2. The van der Waals surface area contributed by atoms with Crippen molar-refractivity contribution in [1.82, 2.24) is 15.2 Å². The van der Waals surface area contributed by atoms with Crippen LogP contribution in [0.15, 0.2) is 46.0 Å². The Kier molecular flexibility index (Phi) is 8.55. The van der Waals surface area contributed by atoms with Gasteiger partial charge in [0.25, 0.3) is 0 Å². The van der Waals surface area contributed by atoms with E-state index in [1.54, 1.807) is 31.3 Å². The molecule has 2 unspecified atom stereocenters. The summed E-state index contributed by atoms with van der Waals surface area (Å²) in [6.45, 7) is 6.58. The minimum atomic E-state index is -0.787. The molecule has 0 radical (unpaired) electrons. The summed E-state index contributed by atoms with van der Waals surface area (Å²) in [5, 5.41) is 6.61. The number of morpholine rings is 1. The summed E-state index contributed by atoms with van der Waals surface area (Å²) in [4.78, 5) is 37.2. The lowest BCUT2D eigenvalue weighted by molar-refractivity contribution is -0.164. The Balaban J connectivity index is 1.85. The Morgan fingerprint density at radius 1 is 1.32 bits per heavy atom. The highest BCUT2D eigenvalue weighted by molar-refractivity contribution is 7.11. The fourth-order valence-corrected chi connectivity index (χ4v) is 5.44. The molecule has 0 spiro atoms. The van der Waals surface area contributed by atoms with E-state index in [0.29, 0.717) is 44.3 Å². The van der Waals surface area contributed by atoms with Gasteiger partial charge in [0.2, 0.25) is 0 Å². The summed E-state index contributed by atoms with van der Waals surface area (Å²) in [6, 6.07) is 3.61. The number of nitrogens with one attached hydrogen (secondary N) is 1. The third-order valence-electron chi connectivity index (χ3n) is 6.00. The van der Waals surface area contributed by atoms with Gasteiger partial charge in [0.15, 0.2) is 10.8 Å². The second-order valence-corrected chi connectivity index (χ2v) is 10.9. The van der Waals surface area contributed by atoms with Crippen LogP contribution in [0.1, 0.15) is 37.4 Å². The Hall–Kier alpha value is -2.50. The zero-order valence-electron chi connectivity index (χ0n) is 20.9. The minimum absolute atomic E-state index is 0.154. The van der Waals surface area contributed by atoms with Crippen molar-refractivity contribution in [2.75, 3.05) is 33.4 Å². The number of thiazole rings is 1. The highest BCUT2D eigenvalue weighted by Gasteiger charge is 2.41. The predicted molar refractivity (Wildman–Crippen MR) is 142 cm³/mol. The summed E-state index contributed by atoms with van der Waals surface area (Å²) in [5.74, 6) is -0.475. The number of hydrogen-bond acceptors (Lipinski definition) is 10. The number of halogens is 2. The summed E-state index contributed by atoms with van der Waals surface area (Å²) in [7, 11) is 1.34. The molecule has 12 heteroatoms. The van der Waals surface area contributed by atoms with Crippen molar-refractivity contribution in [3.05, 3.63) is 61.7 Å². The number of aromatic nitrogens is 1. The highest BCUT2D eigenvalue weighted by Crippen LogP contribution is 2.38. The molecule has 0 bridgehead atoms. The molecule has 0 aliphatic carbocycles. The van der Waals surface area contributed by atoms with Gasteiger partial charge in [-0.15, -0.1) is 11.3 Å². The molecule has 1 aromatic heterocycles. The van der Waals surface area contributed by atoms with E-state index >= 15 is 0 Å². The molecule has 1 aromatic carbocycles. The molecule has 2 aromatic rings. The average molecular weight is 567 g/mol. The second-order valence-electron chi connectivity index (χ2n) is 9.14. The van der Waals surface area contributed by atoms with Crippen molar-refractivity contribution in [2.24, 2.45) is 4.99 Å². The molecule has 1 fully saturated rings. The number of amidine groups is 1. The SMILES string of the molecule is CCOC(=O)C1=C(CN2CC(C)(C)OCC2C(=O)OC)NC(c2nccs2)=NC1c1ccc(Cl)cc1Cl. The van der Waals surface area contributed by atoms with Crippen molar-refractivity contribution >= 4 is 52.3 Å². The number of methoxy groups -OCH3 is 1. The van der Waals surface area contributed by atoms with E-state index in [4.69, 9.17) is 42.4 Å². The number of ether oxygens (including phenoxy) is 3. The summed E-state index contributed by atoms with van der Waals surface area (Å²) >= 11 is 14.1. The molecule has 1 saturated heterocycles. The number of hydrogen-bond donors (Lipinski definition) is 1. The van der Waals surface area contributed by atoms with E-state index in [2.05, 4.69) is 10.3 Å². The Bertz CT molecular complexity index is 1230. The topological polar surface area (TPSA) is 102 Å². The van der Waals surface area contributed by atoms with E-state index in [1.807, 2.05) is 24.1 Å². The van der Waals surface area contributed by atoms with E-state index in [0.717, 1.165) is 0 Å². The first-order chi connectivity index (χ1) is 17.6. The lowest BCUT2D eigenvalue weighted by Gasteiger charge is -2.43. The van der Waals surface area contributed by atoms with E-state index in [1.165, 1.54) is 18.4 Å². The van der Waals surface area contributed by atoms with E-state index < -0.39 is 29.6 Å². The van der Waals surface area contributed by atoms with Crippen LogP contribution in [-0.2, 0) is 23.8 Å². The van der Waals surface area contributed by atoms with Crippen LogP contribution in [-0.4, -0.2) is 72.7 Å². The fourth-order valence-electron chi connectivity index (χ4n) is 4.34. The van der Waals surface area contributed by atoms with Gasteiger partial charge in [-0.25, -0.2) is 9.78 Å². The van der Waals surface area contributed by atoms with Crippen molar-refractivity contribution in [2.45, 2.75) is 38.5 Å². The van der Waals surface area contributed by atoms with Crippen molar-refractivity contribution in [3.63, 3.8) is 0 Å². The molecule has 2 atom stereocenters. The van der Waals surface area contributed by atoms with Crippen LogP contribution in [0.5, 0.6) is 0 Å². The van der Waals surface area contributed by atoms with Crippen LogP contribution >= 0.6 is 34.5 Å². The molecule has 2 aliphatic rings. The molecule has 3 heterocycles. The molecule has 9 nitrogen and oxygen atoms in total. The van der Waals surface area contributed by atoms with Crippen LogP contribution < -0.4 is 5.32 Å². The standard InChI is InChI=1S/C25H28Cl2N4O5S/c1-5-35-24(33)19-17(11-31-13-25(2,3)36-12-18(31)23(32)34-4)29-21(22-28-8-9-37-22)30-20(19)15-7-6-14(26)10-16(15)27/h6-10,18,20H,5,11-13H2,1-4H3,(H,29,30). The van der Waals surface area contributed by atoms with Gasteiger partial charge >= 0.3 is 11.9 Å². The van der Waals surface area contributed by atoms with Crippen LogP contribution in [0.25, 0.3) is 0 Å². The number of nitrogens with zero attached hydrogens (tertiary/aromatic N) is 3. The normalized spacial score (nSPS) is 21.7. The number of benzene rings is 1. The fraction of sp³-hybridized carbons (Fsp3) is 0.440. The third-order valence-corrected chi connectivity index (χ3v) is 7.35. The maximum absolute atomic E-state index is 13.4. The van der Waals surface area contributed by atoms with Gasteiger partial charge in [0, 0.05) is 46.0 Å². The number of esters is 2. The summed E-state index contributed by atoms with van der Waals surface area (Å²) in [5.41, 5.74) is 0.893. The van der Waals surface area contributed by atoms with Crippen LogP contribution in [0.2, 0.25) is 10.0 Å². The molecule has 0 saturated carbocycles. The Morgan fingerprint density at radius 3 is 2.76 bits per heavy atom. The first kappa shape index (κ1) is 27.5. The Labute approximate surface area is 229 Å². The smallest absolute Gasteiger partial charge is 0.338 e. The van der Waals surface area contributed by atoms with Gasteiger partial charge in [-0.3, -0.25) is 14.7 Å². The molecular formula is C25H28Cl2N4O5S. The largest absolute Gasteiger partial charge is 0.468 e. The van der Waals surface area contributed by atoms with Crippen molar-refractivity contribution in [1.29, 1.82) is 0 Å². The lowest BCUT2D eigenvalue weighted by atomic mass is 9.94. The molecule has 198 valence electrons. The predicted octanol–water partition coefficient (Wildman–Crippen LogP) is 4.01. The van der Waals surface area contributed by atoms with Crippen LogP contribution in [0.3, 0.4) is 0 Å². The van der Waals surface area contributed by atoms with Crippen molar-refractivity contribution < 1.29 is 23.8 Å². The summed E-state index contributed by atoms with van der Waals surface area (Å²) < 4.78 is 16.4. The van der Waals surface area contributed by atoms with Gasteiger partial charge in [-0.1, -0.05) is 29.3 Å². The molecule has 1 N–H and O–H groups in total. The first-order valence-corrected chi connectivity index (χ1v) is 13.3. The lowest BCUT2D eigenvalue weighted by Crippen LogP contribution is -2.58. The van der Waals surface area contributed by atoms with Gasteiger partial charge in [-0.2, -0.15) is 0 Å². The second kappa shape index (κ2) is 11.5. The first-order valence-electron chi connectivity index (χ1n) is 11.7. The van der Waals surface area contributed by atoms with Gasteiger partial charge in [0.1, 0.15) is 12.1 Å². The molecule has 0 amide bonds. The van der Waals surface area contributed by atoms with Crippen molar-refractivity contribution in [3.8, 4) is 0 Å². The minimum Gasteiger partial charge on any atom is -0.468 e. The zero-order chi connectivity index (χ0) is 26.7. The van der Waals surface area contributed by atoms with E-state index in [-0.39, 0.29) is 19.8 Å². The molecular weight excluding hydrogens is 539 g/mol. The zero-order valence-corrected chi connectivity index (χ0v) is 23.2. The van der Waals surface area contributed by atoms with Gasteiger partial charge in [0.05, 0.1) is 31.5 Å². The average Bonchev–Trinajstić information content (AvgIpc) is 3.38. The van der Waals surface area contributed by atoms with E-state index in [9.17, 15) is 9.59 Å². The Morgan fingerprint density at radius 2 is 2.11 bits per heavy atom. The van der Waals surface area contributed by atoms with Crippen LogP contribution in [0.4, 0.5) is 0 Å². The summed E-state index contributed by atoms with van der Waals surface area (Å²) in [6.07, 6.45) is 1.68. The third kappa shape index (κ3) is 6.15. The number of rotatable bonds is 7. The maximum atomic E-state index is 13.4.